The topological polar surface area (TPSA) is 17.1 Å². The molecule has 2 aromatic rings. The Labute approximate surface area is 110 Å². The van der Waals surface area contributed by atoms with E-state index in [0.29, 0.717) is 15.6 Å². The van der Waals surface area contributed by atoms with Crippen LogP contribution in [0.5, 0.6) is 0 Å². The van der Waals surface area contributed by atoms with Gasteiger partial charge in [0, 0.05) is 11.1 Å². The minimum Gasteiger partial charge on any atom is -0.298 e. The first kappa shape index (κ1) is 12.2. The van der Waals surface area contributed by atoms with Crippen LogP contribution in [0.1, 0.15) is 15.9 Å². The number of aryl methyl sites for hydroxylation is 1. The minimum atomic E-state index is 0.547. The molecule has 0 fully saturated rings. The van der Waals surface area contributed by atoms with Gasteiger partial charge in [-0.25, -0.2) is 0 Å². The van der Waals surface area contributed by atoms with Crippen LogP contribution in [-0.4, -0.2) is 6.29 Å². The fraction of sp³-hybridized carbons (Fsp3) is 0.0714. The molecule has 0 spiro atoms. The zero-order valence-corrected chi connectivity index (χ0v) is 10.7. The lowest BCUT2D eigenvalue weighted by molar-refractivity contribution is 0.112. The number of halogens is 2. The lowest BCUT2D eigenvalue weighted by atomic mass is 10.0. The van der Waals surface area contributed by atoms with Crippen LogP contribution in [0.3, 0.4) is 0 Å². The molecule has 0 bridgehead atoms. The first-order valence-corrected chi connectivity index (χ1v) is 5.89. The van der Waals surface area contributed by atoms with Gasteiger partial charge in [0.2, 0.25) is 0 Å². The molecule has 2 rings (SSSR count). The van der Waals surface area contributed by atoms with E-state index in [4.69, 9.17) is 23.2 Å². The maximum atomic E-state index is 10.6. The summed E-state index contributed by atoms with van der Waals surface area (Å²) in [5.41, 5.74) is 3.41. The van der Waals surface area contributed by atoms with Gasteiger partial charge >= 0.3 is 0 Å². The Bertz CT molecular complexity index is 559. The molecular weight excluding hydrogens is 255 g/mol. The third-order valence-corrected chi connectivity index (χ3v) is 3.61. The van der Waals surface area contributed by atoms with E-state index in [2.05, 4.69) is 0 Å². The molecule has 0 N–H and O–H groups in total. The van der Waals surface area contributed by atoms with Gasteiger partial charge in [0.15, 0.2) is 0 Å². The molecule has 0 aliphatic heterocycles. The number of carbonyl (C=O) groups is 1. The monoisotopic (exact) mass is 264 g/mol. The van der Waals surface area contributed by atoms with Crippen LogP contribution in [0, 0.1) is 6.92 Å². The number of hydrogen-bond donors (Lipinski definition) is 0. The molecule has 0 aliphatic rings. The van der Waals surface area contributed by atoms with Crippen molar-refractivity contribution in [2.75, 3.05) is 0 Å². The molecule has 86 valence electrons. The summed E-state index contributed by atoms with van der Waals surface area (Å²) in [6.45, 7) is 1.91. The number of benzene rings is 2. The van der Waals surface area contributed by atoms with E-state index in [1.165, 1.54) is 0 Å². The summed E-state index contributed by atoms with van der Waals surface area (Å²) < 4.78 is 0. The molecule has 0 saturated heterocycles. The molecule has 0 radical (unpaired) electrons. The van der Waals surface area contributed by atoms with Gasteiger partial charge in [-0.3, -0.25) is 4.79 Å². The second-order valence-electron chi connectivity index (χ2n) is 3.80. The molecule has 0 aromatic heterocycles. The Morgan fingerprint density at radius 3 is 2.18 bits per heavy atom. The first-order chi connectivity index (χ1) is 8.13. The van der Waals surface area contributed by atoms with Crippen molar-refractivity contribution >= 4 is 29.5 Å². The third kappa shape index (κ3) is 2.36. The van der Waals surface area contributed by atoms with Gasteiger partial charge in [-0.05, 0) is 18.1 Å². The predicted molar refractivity (Wildman–Crippen MR) is 72.0 cm³/mol. The lowest BCUT2D eigenvalue weighted by Gasteiger charge is -2.08. The van der Waals surface area contributed by atoms with Crippen molar-refractivity contribution in [2.24, 2.45) is 0 Å². The fourth-order valence-corrected chi connectivity index (χ4v) is 2.10. The fourth-order valence-electron chi connectivity index (χ4n) is 1.61. The zero-order chi connectivity index (χ0) is 12.4. The number of hydrogen-bond acceptors (Lipinski definition) is 1. The van der Waals surface area contributed by atoms with Crippen LogP contribution < -0.4 is 0 Å². The van der Waals surface area contributed by atoms with Crippen molar-refractivity contribution < 1.29 is 4.79 Å². The van der Waals surface area contributed by atoms with Gasteiger partial charge < -0.3 is 0 Å². The van der Waals surface area contributed by atoms with Crippen molar-refractivity contribution in [3.05, 3.63) is 57.6 Å². The molecule has 0 unspecified atom stereocenters. The molecule has 0 amide bonds. The first-order valence-electron chi connectivity index (χ1n) is 5.13. The van der Waals surface area contributed by atoms with Crippen molar-refractivity contribution in [1.29, 1.82) is 0 Å². The lowest BCUT2D eigenvalue weighted by Crippen LogP contribution is -1.85. The summed E-state index contributed by atoms with van der Waals surface area (Å²) >= 11 is 12.3. The average molecular weight is 265 g/mol. The maximum Gasteiger partial charge on any atom is 0.150 e. The Kier molecular flexibility index (Phi) is 3.51. The maximum absolute atomic E-state index is 10.6. The average Bonchev–Trinajstić information content (AvgIpc) is 2.36. The Balaban J connectivity index is 2.53. The van der Waals surface area contributed by atoms with Crippen LogP contribution in [0.4, 0.5) is 0 Å². The molecular formula is C14H10Cl2O. The molecule has 0 saturated carbocycles. The molecule has 2 aromatic carbocycles. The molecule has 0 atom stereocenters. The van der Waals surface area contributed by atoms with Gasteiger partial charge in [0.05, 0.1) is 10.0 Å². The Morgan fingerprint density at radius 1 is 0.941 bits per heavy atom. The smallest absolute Gasteiger partial charge is 0.150 e. The Morgan fingerprint density at radius 2 is 1.59 bits per heavy atom. The second-order valence-corrected chi connectivity index (χ2v) is 4.55. The highest BCUT2D eigenvalue weighted by Gasteiger charge is 2.09. The van der Waals surface area contributed by atoms with Crippen molar-refractivity contribution in [1.82, 2.24) is 0 Å². The summed E-state index contributed by atoms with van der Waals surface area (Å²) in [7, 11) is 0. The number of rotatable bonds is 2. The van der Waals surface area contributed by atoms with Gasteiger partial charge in [-0.1, -0.05) is 59.6 Å². The predicted octanol–water partition coefficient (Wildman–Crippen LogP) is 4.78. The van der Waals surface area contributed by atoms with Crippen LogP contribution in [0.2, 0.25) is 10.0 Å². The van der Waals surface area contributed by atoms with E-state index in [1.807, 2.05) is 31.2 Å². The number of carbonyl (C=O) groups excluding carboxylic acids is 1. The molecule has 1 nitrogen and oxygen atoms in total. The summed E-state index contributed by atoms with van der Waals surface area (Å²) in [6, 6.07) is 11.1. The van der Waals surface area contributed by atoms with E-state index < -0.39 is 0 Å². The third-order valence-electron chi connectivity index (χ3n) is 2.63. The van der Waals surface area contributed by atoms with E-state index >= 15 is 0 Å². The summed E-state index contributed by atoms with van der Waals surface area (Å²) in [4.78, 5) is 10.6. The standard InChI is InChI=1S/C14H10Cl2O/c1-9-2-7-12(14(16)13(9)15)11-5-3-10(8-17)4-6-11/h2-8H,1H3. The normalized spacial score (nSPS) is 10.3. The SMILES string of the molecule is Cc1ccc(-c2ccc(C=O)cc2)c(Cl)c1Cl. The molecule has 0 heterocycles. The molecule has 3 heteroatoms. The summed E-state index contributed by atoms with van der Waals surface area (Å²) in [6.07, 6.45) is 0.813. The van der Waals surface area contributed by atoms with Crippen molar-refractivity contribution in [2.45, 2.75) is 6.92 Å². The summed E-state index contributed by atoms with van der Waals surface area (Å²) in [5.74, 6) is 0. The summed E-state index contributed by atoms with van der Waals surface area (Å²) in [5, 5.41) is 1.12. The molecule has 0 aliphatic carbocycles. The van der Waals surface area contributed by atoms with Crippen LogP contribution >= 0.6 is 23.2 Å². The van der Waals surface area contributed by atoms with Crippen molar-refractivity contribution in [3.63, 3.8) is 0 Å². The van der Waals surface area contributed by atoms with Gasteiger partial charge in [0.1, 0.15) is 6.29 Å². The van der Waals surface area contributed by atoms with E-state index in [-0.39, 0.29) is 0 Å². The van der Waals surface area contributed by atoms with E-state index in [0.717, 1.165) is 23.0 Å². The largest absolute Gasteiger partial charge is 0.298 e. The molecule has 17 heavy (non-hydrogen) atoms. The van der Waals surface area contributed by atoms with Gasteiger partial charge in [-0.15, -0.1) is 0 Å². The van der Waals surface area contributed by atoms with Gasteiger partial charge in [0.25, 0.3) is 0 Å². The Hall–Kier alpha value is -1.31. The minimum absolute atomic E-state index is 0.547. The highest BCUT2D eigenvalue weighted by Crippen LogP contribution is 2.35. The highest BCUT2D eigenvalue weighted by molar-refractivity contribution is 6.44. The highest BCUT2D eigenvalue weighted by atomic mass is 35.5. The quantitative estimate of drug-likeness (QED) is 0.714. The second kappa shape index (κ2) is 4.91. The van der Waals surface area contributed by atoms with Crippen LogP contribution in [0.25, 0.3) is 11.1 Å². The van der Waals surface area contributed by atoms with Crippen molar-refractivity contribution in [3.8, 4) is 11.1 Å². The van der Waals surface area contributed by atoms with Crippen LogP contribution in [-0.2, 0) is 0 Å². The van der Waals surface area contributed by atoms with E-state index in [9.17, 15) is 4.79 Å². The number of aldehydes is 1. The van der Waals surface area contributed by atoms with Gasteiger partial charge in [-0.2, -0.15) is 0 Å². The van der Waals surface area contributed by atoms with E-state index in [1.54, 1.807) is 12.1 Å². The zero-order valence-electron chi connectivity index (χ0n) is 9.21. The van der Waals surface area contributed by atoms with Crippen LogP contribution in [0.15, 0.2) is 36.4 Å².